The minimum atomic E-state index is -1.07. The molecule has 1 N–H and O–H groups in total. The molecule has 18 heavy (non-hydrogen) atoms. The van der Waals surface area contributed by atoms with Gasteiger partial charge in [0.25, 0.3) is 5.91 Å². The van der Waals surface area contributed by atoms with Crippen molar-refractivity contribution < 1.29 is 24.2 Å². The van der Waals surface area contributed by atoms with E-state index in [0.717, 1.165) is 0 Å². The molecule has 1 aromatic carbocycles. The van der Waals surface area contributed by atoms with Gasteiger partial charge < -0.3 is 19.5 Å². The van der Waals surface area contributed by atoms with Crippen molar-refractivity contribution in [2.24, 2.45) is 0 Å². The molecule has 96 valence electrons. The van der Waals surface area contributed by atoms with Crippen LogP contribution in [0, 0.1) is 0 Å². The molecule has 6 heteroatoms. The Kier molecular flexibility index (Phi) is 3.36. The molecule has 0 aromatic heterocycles. The van der Waals surface area contributed by atoms with Crippen molar-refractivity contribution in [3.63, 3.8) is 0 Å². The Balaban J connectivity index is 2.26. The molecule has 1 heterocycles. The molecule has 1 aliphatic rings. The first-order valence-corrected chi connectivity index (χ1v) is 5.45. The molecular formula is C12H13NO5. The predicted octanol–water partition coefficient (Wildman–Crippen LogP) is 0.614. The topological polar surface area (TPSA) is 76.1 Å². The standard InChI is InChI=1S/C12H13NO5/c1-13-4-5-17-10-3-2-8(18-7-11(14)15)6-9(10)12(13)16/h2-3,6H,4-5,7H2,1H3,(H,14,15). The van der Waals surface area contributed by atoms with Crippen LogP contribution in [0.4, 0.5) is 0 Å². The monoisotopic (exact) mass is 251 g/mol. The molecule has 0 unspecified atom stereocenters. The Morgan fingerprint density at radius 3 is 3.06 bits per heavy atom. The molecular weight excluding hydrogens is 238 g/mol. The van der Waals surface area contributed by atoms with Gasteiger partial charge in [-0.05, 0) is 18.2 Å². The summed E-state index contributed by atoms with van der Waals surface area (Å²) in [7, 11) is 1.69. The number of amides is 1. The number of ether oxygens (including phenoxy) is 2. The molecule has 0 saturated heterocycles. The molecule has 1 aromatic rings. The van der Waals surface area contributed by atoms with Crippen LogP contribution in [-0.4, -0.2) is 48.7 Å². The number of rotatable bonds is 3. The fraction of sp³-hybridized carbons (Fsp3) is 0.333. The van der Waals surface area contributed by atoms with Crippen LogP contribution in [0.5, 0.6) is 11.5 Å². The van der Waals surface area contributed by atoms with Gasteiger partial charge in [-0.25, -0.2) is 4.79 Å². The molecule has 0 bridgehead atoms. The van der Waals surface area contributed by atoms with Gasteiger partial charge in [-0.2, -0.15) is 0 Å². The van der Waals surface area contributed by atoms with Gasteiger partial charge in [0.1, 0.15) is 18.1 Å². The second-order valence-electron chi connectivity index (χ2n) is 3.92. The summed E-state index contributed by atoms with van der Waals surface area (Å²) in [5, 5.41) is 8.53. The number of aliphatic carboxylic acids is 1. The number of carbonyl (C=O) groups excluding carboxylic acids is 1. The number of hydrogen-bond donors (Lipinski definition) is 1. The first-order valence-electron chi connectivity index (χ1n) is 5.45. The van der Waals surface area contributed by atoms with Gasteiger partial charge in [-0.3, -0.25) is 4.79 Å². The van der Waals surface area contributed by atoms with Crippen LogP contribution < -0.4 is 9.47 Å². The van der Waals surface area contributed by atoms with Crippen LogP contribution >= 0.6 is 0 Å². The Morgan fingerprint density at radius 2 is 2.33 bits per heavy atom. The summed E-state index contributed by atoms with van der Waals surface area (Å²) in [5.41, 5.74) is 0.387. The summed E-state index contributed by atoms with van der Waals surface area (Å²) in [6.45, 7) is 0.507. The Bertz CT molecular complexity index is 485. The minimum absolute atomic E-state index is 0.164. The first-order chi connectivity index (χ1) is 8.58. The SMILES string of the molecule is CN1CCOc2ccc(OCC(=O)O)cc2C1=O. The van der Waals surface area contributed by atoms with Gasteiger partial charge in [-0.1, -0.05) is 0 Å². The van der Waals surface area contributed by atoms with E-state index in [1.165, 1.54) is 6.07 Å². The van der Waals surface area contributed by atoms with Gasteiger partial charge in [0.15, 0.2) is 6.61 Å². The van der Waals surface area contributed by atoms with Crippen LogP contribution in [0.1, 0.15) is 10.4 Å². The van der Waals surface area contributed by atoms with Gasteiger partial charge >= 0.3 is 5.97 Å². The Labute approximate surface area is 104 Å². The van der Waals surface area contributed by atoms with Gasteiger partial charge in [0.2, 0.25) is 0 Å². The van der Waals surface area contributed by atoms with Crippen LogP contribution in [0.25, 0.3) is 0 Å². The smallest absolute Gasteiger partial charge is 0.341 e. The summed E-state index contributed by atoms with van der Waals surface area (Å²) >= 11 is 0. The summed E-state index contributed by atoms with van der Waals surface area (Å²) < 4.78 is 10.5. The number of benzene rings is 1. The first kappa shape index (κ1) is 12.2. The van der Waals surface area contributed by atoms with Gasteiger partial charge in [0, 0.05) is 7.05 Å². The van der Waals surface area contributed by atoms with Crippen molar-refractivity contribution in [3.05, 3.63) is 23.8 Å². The predicted molar refractivity (Wildman–Crippen MR) is 62.0 cm³/mol. The maximum Gasteiger partial charge on any atom is 0.341 e. The number of carboxylic acid groups (broad SMARTS) is 1. The number of fused-ring (bicyclic) bond motifs is 1. The third-order valence-corrected chi connectivity index (χ3v) is 2.57. The highest BCUT2D eigenvalue weighted by molar-refractivity contribution is 5.97. The molecule has 0 fully saturated rings. The third kappa shape index (κ3) is 2.53. The lowest BCUT2D eigenvalue weighted by molar-refractivity contribution is -0.139. The van der Waals surface area contributed by atoms with Crippen molar-refractivity contribution in [1.29, 1.82) is 0 Å². The van der Waals surface area contributed by atoms with E-state index < -0.39 is 12.6 Å². The number of likely N-dealkylation sites (N-methyl/N-ethyl adjacent to an activating group) is 1. The fourth-order valence-corrected chi connectivity index (χ4v) is 1.64. The average molecular weight is 251 g/mol. The zero-order chi connectivity index (χ0) is 13.1. The van der Waals surface area contributed by atoms with E-state index in [-0.39, 0.29) is 5.91 Å². The van der Waals surface area contributed by atoms with Gasteiger partial charge in [0.05, 0.1) is 12.1 Å². The van der Waals surface area contributed by atoms with Crippen LogP contribution in [0.3, 0.4) is 0 Å². The zero-order valence-electron chi connectivity index (χ0n) is 9.88. The van der Waals surface area contributed by atoms with Crippen LogP contribution in [0.2, 0.25) is 0 Å². The van der Waals surface area contributed by atoms with Crippen molar-refractivity contribution in [1.82, 2.24) is 4.90 Å². The van der Waals surface area contributed by atoms with E-state index in [2.05, 4.69) is 0 Å². The third-order valence-electron chi connectivity index (χ3n) is 2.57. The molecule has 2 rings (SSSR count). The second-order valence-corrected chi connectivity index (χ2v) is 3.92. The molecule has 0 aliphatic carbocycles. The lowest BCUT2D eigenvalue weighted by Crippen LogP contribution is -2.27. The normalized spacial score (nSPS) is 14.5. The highest BCUT2D eigenvalue weighted by Gasteiger charge is 2.21. The molecule has 1 amide bonds. The summed E-state index contributed by atoms with van der Waals surface area (Å²) in [4.78, 5) is 24.0. The summed E-state index contributed by atoms with van der Waals surface area (Å²) in [5.74, 6) is -0.400. The maximum atomic E-state index is 12.0. The highest BCUT2D eigenvalue weighted by Crippen LogP contribution is 2.27. The summed E-state index contributed by atoms with van der Waals surface area (Å²) in [6, 6.07) is 4.70. The summed E-state index contributed by atoms with van der Waals surface area (Å²) in [6.07, 6.45) is 0. The zero-order valence-corrected chi connectivity index (χ0v) is 9.88. The van der Waals surface area contributed by atoms with E-state index in [1.54, 1.807) is 24.1 Å². The van der Waals surface area contributed by atoms with Crippen molar-refractivity contribution in [3.8, 4) is 11.5 Å². The van der Waals surface area contributed by atoms with E-state index in [0.29, 0.717) is 30.2 Å². The second kappa shape index (κ2) is 4.95. The quantitative estimate of drug-likeness (QED) is 0.852. The largest absolute Gasteiger partial charge is 0.491 e. The minimum Gasteiger partial charge on any atom is -0.491 e. The number of carboxylic acids is 1. The molecule has 0 atom stereocenters. The van der Waals surface area contributed by atoms with Gasteiger partial charge in [-0.15, -0.1) is 0 Å². The average Bonchev–Trinajstić information content (AvgIpc) is 2.48. The van der Waals surface area contributed by atoms with Crippen molar-refractivity contribution >= 4 is 11.9 Å². The number of carbonyl (C=O) groups is 2. The molecule has 0 spiro atoms. The molecule has 6 nitrogen and oxygen atoms in total. The van der Waals surface area contributed by atoms with Crippen LogP contribution in [-0.2, 0) is 4.79 Å². The maximum absolute atomic E-state index is 12.0. The Morgan fingerprint density at radius 1 is 1.56 bits per heavy atom. The molecule has 0 saturated carbocycles. The number of nitrogens with zero attached hydrogens (tertiary/aromatic N) is 1. The number of hydrogen-bond acceptors (Lipinski definition) is 4. The highest BCUT2D eigenvalue weighted by atomic mass is 16.5. The lowest BCUT2D eigenvalue weighted by atomic mass is 10.1. The van der Waals surface area contributed by atoms with Crippen LogP contribution in [0.15, 0.2) is 18.2 Å². The van der Waals surface area contributed by atoms with E-state index in [4.69, 9.17) is 14.6 Å². The lowest BCUT2D eigenvalue weighted by Gasteiger charge is -2.12. The van der Waals surface area contributed by atoms with E-state index in [1.807, 2.05) is 0 Å². The molecule has 1 aliphatic heterocycles. The van der Waals surface area contributed by atoms with E-state index >= 15 is 0 Å². The van der Waals surface area contributed by atoms with Crippen molar-refractivity contribution in [2.75, 3.05) is 26.8 Å². The van der Waals surface area contributed by atoms with E-state index in [9.17, 15) is 9.59 Å². The van der Waals surface area contributed by atoms with Crippen molar-refractivity contribution in [2.45, 2.75) is 0 Å². The Hall–Kier alpha value is -2.24. The molecule has 0 radical (unpaired) electrons. The fourth-order valence-electron chi connectivity index (χ4n) is 1.64.